The molecule has 1 atom stereocenters. The molecule has 3 aromatic rings. The highest BCUT2D eigenvalue weighted by atomic mass is 32.1. The van der Waals surface area contributed by atoms with E-state index in [1.54, 1.807) is 11.3 Å². The summed E-state index contributed by atoms with van der Waals surface area (Å²) in [6.45, 7) is 6.13. The number of likely N-dealkylation sites (tertiary alicyclic amines) is 1. The summed E-state index contributed by atoms with van der Waals surface area (Å²) in [6, 6.07) is 10.9. The molecule has 0 saturated carbocycles. The van der Waals surface area contributed by atoms with E-state index >= 15 is 0 Å². The van der Waals surface area contributed by atoms with Gasteiger partial charge in [0.25, 0.3) is 0 Å². The molecule has 24 heavy (non-hydrogen) atoms. The standard InChI is InChI=1S/C19H21N3OS/c1-13-6-3-4-7-16(13)19-20-11-15(24-19)12-22-9-5-8-18(22)17-10-14(2)23-21-17/h3-4,6-7,10-11,18H,5,8-9,12H2,1-2H3. The predicted molar refractivity (Wildman–Crippen MR) is 95.9 cm³/mol. The maximum atomic E-state index is 5.26. The first kappa shape index (κ1) is 15.5. The molecule has 1 aromatic carbocycles. The van der Waals surface area contributed by atoms with Gasteiger partial charge in [-0.25, -0.2) is 4.98 Å². The highest BCUT2D eigenvalue weighted by molar-refractivity contribution is 7.15. The second kappa shape index (κ2) is 6.49. The van der Waals surface area contributed by atoms with Crippen LogP contribution in [-0.4, -0.2) is 21.6 Å². The average Bonchev–Trinajstić information content (AvgIpc) is 3.29. The molecule has 0 aliphatic carbocycles. The quantitative estimate of drug-likeness (QED) is 0.688. The van der Waals surface area contributed by atoms with E-state index < -0.39 is 0 Å². The van der Waals surface area contributed by atoms with E-state index in [4.69, 9.17) is 4.52 Å². The zero-order chi connectivity index (χ0) is 16.5. The topological polar surface area (TPSA) is 42.2 Å². The van der Waals surface area contributed by atoms with Gasteiger partial charge in [0.1, 0.15) is 16.5 Å². The molecule has 2 aromatic heterocycles. The van der Waals surface area contributed by atoms with Crippen LogP contribution in [0.5, 0.6) is 0 Å². The third-order valence-corrected chi connectivity index (χ3v) is 5.65. The highest BCUT2D eigenvalue weighted by Crippen LogP contribution is 2.35. The molecular formula is C19H21N3OS. The Morgan fingerprint density at radius 1 is 1.29 bits per heavy atom. The first-order valence-corrected chi connectivity index (χ1v) is 9.20. The van der Waals surface area contributed by atoms with Gasteiger partial charge < -0.3 is 4.52 Å². The van der Waals surface area contributed by atoms with Gasteiger partial charge in [0.15, 0.2) is 0 Å². The molecule has 0 amide bonds. The Morgan fingerprint density at radius 3 is 2.96 bits per heavy atom. The van der Waals surface area contributed by atoms with E-state index in [0.29, 0.717) is 6.04 Å². The maximum Gasteiger partial charge on any atom is 0.133 e. The van der Waals surface area contributed by atoms with E-state index in [2.05, 4.69) is 52.3 Å². The Hall–Kier alpha value is -1.98. The number of nitrogens with zero attached hydrogens (tertiary/aromatic N) is 3. The SMILES string of the molecule is Cc1cc(C2CCCN2Cc2cnc(-c3ccccc3C)s2)no1. The third-order valence-electron chi connectivity index (χ3n) is 4.64. The second-order valence-corrected chi connectivity index (χ2v) is 7.55. The van der Waals surface area contributed by atoms with Gasteiger partial charge in [0.2, 0.25) is 0 Å². The van der Waals surface area contributed by atoms with Crippen molar-refractivity contribution in [2.75, 3.05) is 6.54 Å². The van der Waals surface area contributed by atoms with Gasteiger partial charge in [-0.3, -0.25) is 4.90 Å². The average molecular weight is 339 g/mol. The van der Waals surface area contributed by atoms with E-state index in [9.17, 15) is 0 Å². The number of rotatable bonds is 4. The summed E-state index contributed by atoms with van der Waals surface area (Å²) in [7, 11) is 0. The van der Waals surface area contributed by atoms with Crippen molar-refractivity contribution in [1.82, 2.24) is 15.0 Å². The molecule has 1 unspecified atom stereocenters. The molecule has 1 fully saturated rings. The fourth-order valence-corrected chi connectivity index (χ4v) is 4.44. The van der Waals surface area contributed by atoms with Gasteiger partial charge in [-0.05, 0) is 38.8 Å². The molecule has 0 radical (unpaired) electrons. The van der Waals surface area contributed by atoms with Crippen molar-refractivity contribution in [2.24, 2.45) is 0 Å². The van der Waals surface area contributed by atoms with Gasteiger partial charge in [0.05, 0.1) is 6.04 Å². The molecule has 124 valence electrons. The molecule has 4 rings (SSSR count). The summed E-state index contributed by atoms with van der Waals surface area (Å²) in [5.41, 5.74) is 3.57. The zero-order valence-corrected chi connectivity index (χ0v) is 14.8. The summed E-state index contributed by atoms with van der Waals surface area (Å²) in [5.74, 6) is 0.886. The largest absolute Gasteiger partial charge is 0.361 e. The number of aryl methyl sites for hydroxylation is 2. The van der Waals surface area contributed by atoms with Crippen molar-refractivity contribution < 1.29 is 4.52 Å². The molecule has 3 heterocycles. The first-order chi connectivity index (χ1) is 11.7. The molecule has 0 bridgehead atoms. The summed E-state index contributed by atoms with van der Waals surface area (Å²) in [6.07, 6.45) is 4.38. The van der Waals surface area contributed by atoms with E-state index in [0.717, 1.165) is 36.0 Å². The van der Waals surface area contributed by atoms with Crippen molar-refractivity contribution in [3.05, 3.63) is 58.4 Å². The van der Waals surface area contributed by atoms with Crippen LogP contribution in [0.3, 0.4) is 0 Å². The van der Waals surface area contributed by atoms with Crippen molar-refractivity contribution in [3.8, 4) is 10.6 Å². The molecule has 4 nitrogen and oxygen atoms in total. The third kappa shape index (κ3) is 3.01. The Labute approximate surface area is 146 Å². The van der Waals surface area contributed by atoms with Crippen molar-refractivity contribution >= 4 is 11.3 Å². The molecule has 5 heteroatoms. The maximum absolute atomic E-state index is 5.26. The molecular weight excluding hydrogens is 318 g/mol. The monoisotopic (exact) mass is 339 g/mol. The van der Waals surface area contributed by atoms with Crippen molar-refractivity contribution in [2.45, 2.75) is 39.3 Å². The van der Waals surface area contributed by atoms with E-state index in [1.807, 2.05) is 13.1 Å². The Balaban J connectivity index is 1.52. The summed E-state index contributed by atoms with van der Waals surface area (Å²) < 4.78 is 5.26. The lowest BCUT2D eigenvalue weighted by molar-refractivity contribution is 0.238. The molecule has 1 aliphatic rings. The summed E-state index contributed by atoms with van der Waals surface area (Å²) in [4.78, 5) is 8.45. The van der Waals surface area contributed by atoms with Crippen LogP contribution in [0.4, 0.5) is 0 Å². The van der Waals surface area contributed by atoms with Crippen LogP contribution in [-0.2, 0) is 6.54 Å². The lowest BCUT2D eigenvalue weighted by Crippen LogP contribution is -2.22. The van der Waals surface area contributed by atoms with Gasteiger partial charge >= 0.3 is 0 Å². The van der Waals surface area contributed by atoms with Crippen LogP contribution in [0.25, 0.3) is 10.6 Å². The first-order valence-electron chi connectivity index (χ1n) is 8.38. The van der Waals surface area contributed by atoms with Crippen LogP contribution < -0.4 is 0 Å². The van der Waals surface area contributed by atoms with Gasteiger partial charge in [0, 0.05) is 29.2 Å². The minimum Gasteiger partial charge on any atom is -0.361 e. The summed E-state index contributed by atoms with van der Waals surface area (Å²) in [5, 5.41) is 5.33. The Morgan fingerprint density at radius 2 is 2.17 bits per heavy atom. The van der Waals surface area contributed by atoms with Crippen LogP contribution in [0.2, 0.25) is 0 Å². The van der Waals surface area contributed by atoms with Gasteiger partial charge in [-0.1, -0.05) is 29.4 Å². The van der Waals surface area contributed by atoms with E-state index in [-0.39, 0.29) is 0 Å². The van der Waals surface area contributed by atoms with Crippen molar-refractivity contribution in [1.29, 1.82) is 0 Å². The fourth-order valence-electron chi connectivity index (χ4n) is 3.41. The van der Waals surface area contributed by atoms with Crippen LogP contribution in [0, 0.1) is 13.8 Å². The second-order valence-electron chi connectivity index (χ2n) is 6.44. The predicted octanol–water partition coefficient (Wildman–Crippen LogP) is 4.75. The van der Waals surface area contributed by atoms with Crippen LogP contribution >= 0.6 is 11.3 Å². The molecule has 0 N–H and O–H groups in total. The minimum atomic E-state index is 0.367. The zero-order valence-electron chi connectivity index (χ0n) is 14.0. The van der Waals surface area contributed by atoms with Gasteiger partial charge in [-0.2, -0.15) is 0 Å². The number of hydrogen-bond donors (Lipinski definition) is 0. The fraction of sp³-hybridized carbons (Fsp3) is 0.368. The van der Waals surface area contributed by atoms with Crippen LogP contribution in [0.1, 0.15) is 40.8 Å². The minimum absolute atomic E-state index is 0.367. The smallest absolute Gasteiger partial charge is 0.133 e. The number of hydrogen-bond acceptors (Lipinski definition) is 5. The van der Waals surface area contributed by atoms with E-state index in [1.165, 1.54) is 22.4 Å². The number of aromatic nitrogens is 2. The summed E-state index contributed by atoms with van der Waals surface area (Å²) >= 11 is 1.79. The normalized spacial score (nSPS) is 18.3. The lowest BCUT2D eigenvalue weighted by Gasteiger charge is -2.21. The van der Waals surface area contributed by atoms with Crippen LogP contribution in [0.15, 0.2) is 41.1 Å². The molecule has 1 aliphatic heterocycles. The van der Waals surface area contributed by atoms with Crippen molar-refractivity contribution in [3.63, 3.8) is 0 Å². The molecule has 0 spiro atoms. The lowest BCUT2D eigenvalue weighted by atomic mass is 10.1. The highest BCUT2D eigenvalue weighted by Gasteiger charge is 2.28. The Bertz CT molecular complexity index is 839. The van der Waals surface area contributed by atoms with Gasteiger partial charge in [-0.15, -0.1) is 11.3 Å². The molecule has 1 saturated heterocycles. The number of benzene rings is 1. The Kier molecular flexibility index (Phi) is 4.21. The number of thiazole rings is 1.